The molecule has 4 saturated carbocycles. The van der Waals surface area contributed by atoms with Crippen LogP contribution in [0.4, 0.5) is 0 Å². The highest BCUT2D eigenvalue weighted by Crippen LogP contribution is 2.68. The van der Waals surface area contributed by atoms with Crippen LogP contribution < -0.4 is 0 Å². The molecule has 0 radical (unpaired) electrons. The maximum atomic E-state index is 10.6. The summed E-state index contributed by atoms with van der Waals surface area (Å²) in [5.74, 6) is 6.36. The van der Waals surface area contributed by atoms with E-state index in [0.29, 0.717) is 16.7 Å². The Balaban J connectivity index is 1.55. The van der Waals surface area contributed by atoms with Gasteiger partial charge in [-0.15, -0.1) is 0 Å². The molecule has 0 bridgehead atoms. The average molecular weight is 429 g/mol. The van der Waals surface area contributed by atoms with Crippen LogP contribution in [0.15, 0.2) is 11.1 Å². The van der Waals surface area contributed by atoms with Crippen LogP contribution in [0.1, 0.15) is 113 Å². The second-order valence-electron chi connectivity index (χ2n) is 13.6. The summed E-state index contributed by atoms with van der Waals surface area (Å²) in [6, 6.07) is 0. The lowest BCUT2D eigenvalue weighted by molar-refractivity contribution is -0.140. The monoisotopic (exact) mass is 428 g/mol. The van der Waals surface area contributed by atoms with E-state index in [9.17, 15) is 5.11 Å². The van der Waals surface area contributed by atoms with Crippen molar-refractivity contribution >= 4 is 0 Å². The van der Waals surface area contributed by atoms with Crippen LogP contribution in [0.2, 0.25) is 0 Å². The molecular weight excluding hydrogens is 376 g/mol. The van der Waals surface area contributed by atoms with Gasteiger partial charge in [0.25, 0.3) is 0 Å². The molecule has 0 aromatic heterocycles. The van der Waals surface area contributed by atoms with E-state index in [1.165, 1.54) is 51.4 Å². The lowest BCUT2D eigenvalue weighted by atomic mass is 9.43. The summed E-state index contributed by atoms with van der Waals surface area (Å²) in [5.41, 5.74) is 4.57. The van der Waals surface area contributed by atoms with E-state index in [2.05, 4.69) is 55.4 Å². The van der Waals surface area contributed by atoms with Crippen molar-refractivity contribution in [3.8, 4) is 0 Å². The SMILES string of the molecule is C/C(C[C@@H](C)[C@H](C)C(C)C)=C1/CCC2C3CC[C@H]4[C@H](C)[C@@H](O)CC[C@]4(C)C3CC[C@]12C. The van der Waals surface area contributed by atoms with Gasteiger partial charge < -0.3 is 5.11 Å². The zero-order valence-corrected chi connectivity index (χ0v) is 22.0. The molecule has 0 aliphatic heterocycles. The third-order valence-electron chi connectivity index (χ3n) is 12.0. The quantitative estimate of drug-likeness (QED) is 0.447. The summed E-state index contributed by atoms with van der Waals surface area (Å²) < 4.78 is 0. The Kier molecular flexibility index (Phi) is 6.53. The van der Waals surface area contributed by atoms with Gasteiger partial charge in [0.2, 0.25) is 0 Å². The number of allylic oxidation sites excluding steroid dienone is 2. The lowest BCUT2D eigenvalue weighted by Gasteiger charge is -2.62. The van der Waals surface area contributed by atoms with Gasteiger partial charge in [0, 0.05) is 0 Å². The van der Waals surface area contributed by atoms with Gasteiger partial charge in [0.15, 0.2) is 0 Å². The third-order valence-corrected chi connectivity index (χ3v) is 12.0. The largest absolute Gasteiger partial charge is 0.393 e. The van der Waals surface area contributed by atoms with Crippen LogP contribution in [0, 0.1) is 58.2 Å². The number of fused-ring (bicyclic) bond motifs is 5. The smallest absolute Gasteiger partial charge is 0.0568 e. The van der Waals surface area contributed by atoms with E-state index in [1.807, 2.05) is 5.57 Å². The van der Waals surface area contributed by atoms with Crippen LogP contribution in [0.5, 0.6) is 0 Å². The number of aliphatic hydroxyl groups excluding tert-OH is 1. The van der Waals surface area contributed by atoms with Crippen LogP contribution >= 0.6 is 0 Å². The average Bonchev–Trinajstić information content (AvgIpc) is 3.07. The Hall–Kier alpha value is -0.300. The van der Waals surface area contributed by atoms with Crippen LogP contribution in [-0.4, -0.2) is 11.2 Å². The lowest BCUT2D eigenvalue weighted by Crippen LogP contribution is -2.55. The minimum absolute atomic E-state index is 0.0534. The minimum atomic E-state index is -0.0534. The predicted octanol–water partition coefficient (Wildman–Crippen LogP) is 8.27. The molecule has 1 heteroatoms. The molecule has 0 heterocycles. The first kappa shape index (κ1) is 23.8. The highest BCUT2D eigenvalue weighted by atomic mass is 16.3. The van der Waals surface area contributed by atoms with Crippen LogP contribution in [0.3, 0.4) is 0 Å². The molecule has 0 amide bonds. The van der Waals surface area contributed by atoms with E-state index in [1.54, 1.807) is 5.57 Å². The molecule has 0 aromatic rings. The zero-order chi connectivity index (χ0) is 22.7. The van der Waals surface area contributed by atoms with E-state index < -0.39 is 0 Å². The van der Waals surface area contributed by atoms with E-state index in [0.717, 1.165) is 47.8 Å². The summed E-state index contributed by atoms with van der Waals surface area (Å²) in [6.45, 7) is 19.9. The maximum Gasteiger partial charge on any atom is 0.0568 e. The molecule has 31 heavy (non-hydrogen) atoms. The number of aliphatic hydroxyl groups is 1. The molecule has 3 unspecified atom stereocenters. The Morgan fingerprint density at radius 3 is 2.32 bits per heavy atom. The normalized spacial score (nSPS) is 48.6. The summed E-state index contributed by atoms with van der Waals surface area (Å²) in [7, 11) is 0. The fraction of sp³-hybridized carbons (Fsp3) is 0.933. The van der Waals surface area contributed by atoms with Gasteiger partial charge >= 0.3 is 0 Å². The van der Waals surface area contributed by atoms with Gasteiger partial charge in [0.05, 0.1) is 6.10 Å². The molecule has 4 fully saturated rings. The van der Waals surface area contributed by atoms with Crippen molar-refractivity contribution in [2.24, 2.45) is 58.2 Å². The van der Waals surface area contributed by atoms with Gasteiger partial charge in [-0.25, -0.2) is 0 Å². The van der Waals surface area contributed by atoms with E-state index in [-0.39, 0.29) is 6.10 Å². The predicted molar refractivity (Wildman–Crippen MR) is 133 cm³/mol. The topological polar surface area (TPSA) is 20.2 Å². The highest BCUT2D eigenvalue weighted by molar-refractivity contribution is 5.28. The molecule has 178 valence electrons. The molecule has 0 saturated heterocycles. The number of rotatable bonds is 4. The fourth-order valence-electron chi connectivity index (χ4n) is 9.67. The zero-order valence-electron chi connectivity index (χ0n) is 22.0. The van der Waals surface area contributed by atoms with Gasteiger partial charge in [-0.2, -0.15) is 0 Å². The fourth-order valence-corrected chi connectivity index (χ4v) is 9.67. The minimum Gasteiger partial charge on any atom is -0.393 e. The first-order valence-corrected chi connectivity index (χ1v) is 13.9. The van der Waals surface area contributed by atoms with Gasteiger partial charge in [0.1, 0.15) is 0 Å². The summed E-state index contributed by atoms with van der Waals surface area (Å²) in [4.78, 5) is 0. The van der Waals surface area contributed by atoms with E-state index in [4.69, 9.17) is 0 Å². The van der Waals surface area contributed by atoms with Gasteiger partial charge in [-0.3, -0.25) is 0 Å². The second kappa shape index (κ2) is 8.48. The first-order valence-electron chi connectivity index (χ1n) is 13.9. The van der Waals surface area contributed by atoms with Crippen molar-refractivity contribution in [1.82, 2.24) is 0 Å². The van der Waals surface area contributed by atoms with Crippen LogP contribution in [-0.2, 0) is 0 Å². The molecule has 4 aliphatic rings. The molecule has 10 atom stereocenters. The molecular formula is C30H52O. The Bertz CT molecular complexity index is 691. The summed E-state index contributed by atoms with van der Waals surface area (Å²) in [6.07, 6.45) is 12.0. The van der Waals surface area contributed by atoms with Crippen LogP contribution in [0.25, 0.3) is 0 Å². The first-order chi connectivity index (χ1) is 14.5. The van der Waals surface area contributed by atoms with Crippen molar-refractivity contribution < 1.29 is 5.11 Å². The van der Waals surface area contributed by atoms with Gasteiger partial charge in [-0.1, -0.05) is 59.6 Å². The van der Waals surface area contributed by atoms with Crippen molar-refractivity contribution in [2.75, 3.05) is 0 Å². The third kappa shape index (κ3) is 3.77. The van der Waals surface area contributed by atoms with Crippen molar-refractivity contribution in [3.63, 3.8) is 0 Å². The number of hydrogen-bond acceptors (Lipinski definition) is 1. The Morgan fingerprint density at radius 1 is 0.935 bits per heavy atom. The highest BCUT2D eigenvalue weighted by Gasteiger charge is 2.60. The van der Waals surface area contributed by atoms with Gasteiger partial charge in [-0.05, 0) is 123 Å². The standard InChI is InChI=1S/C30H52O/c1-18(2)21(5)19(3)17-20(4)24-11-12-26-23-9-10-25-22(6)28(31)14-16-30(25,8)27(23)13-15-29(24,26)7/h18-19,21-23,25-28,31H,9-17H2,1-8H3/b24-20+/t19-,21-,22+,23?,25+,26?,27?,28+,29-,30+/m1/s1. The van der Waals surface area contributed by atoms with Crippen molar-refractivity contribution in [1.29, 1.82) is 0 Å². The molecule has 1 nitrogen and oxygen atoms in total. The molecule has 4 aliphatic carbocycles. The number of hydrogen-bond donors (Lipinski definition) is 1. The summed E-state index contributed by atoms with van der Waals surface area (Å²) >= 11 is 0. The maximum absolute atomic E-state index is 10.6. The Labute approximate surface area is 193 Å². The molecule has 0 spiro atoms. The summed E-state index contributed by atoms with van der Waals surface area (Å²) in [5, 5.41) is 10.6. The van der Waals surface area contributed by atoms with Crippen molar-refractivity contribution in [3.05, 3.63) is 11.1 Å². The second-order valence-corrected chi connectivity index (χ2v) is 13.6. The Morgan fingerprint density at radius 2 is 1.65 bits per heavy atom. The van der Waals surface area contributed by atoms with Crippen molar-refractivity contribution in [2.45, 2.75) is 119 Å². The van der Waals surface area contributed by atoms with E-state index >= 15 is 0 Å². The molecule has 0 aromatic carbocycles. The molecule has 4 rings (SSSR count). The molecule has 1 N–H and O–H groups in total.